The Balaban J connectivity index is 2.18. The SMILES string of the molecule is COCC1CN(c2ccc(C)cc2CN(C)C)CCN1. The summed E-state index contributed by atoms with van der Waals surface area (Å²) in [6, 6.07) is 7.20. The predicted molar refractivity (Wildman–Crippen MR) is 84.4 cm³/mol. The van der Waals surface area contributed by atoms with Crippen molar-refractivity contribution in [3.63, 3.8) is 0 Å². The second-order valence-corrected chi connectivity index (χ2v) is 5.92. The largest absolute Gasteiger partial charge is 0.383 e. The summed E-state index contributed by atoms with van der Waals surface area (Å²) in [4.78, 5) is 4.71. The van der Waals surface area contributed by atoms with E-state index >= 15 is 0 Å². The molecule has 1 aromatic rings. The number of benzene rings is 1. The van der Waals surface area contributed by atoms with Crippen molar-refractivity contribution < 1.29 is 4.74 Å². The maximum absolute atomic E-state index is 5.28. The summed E-state index contributed by atoms with van der Waals surface area (Å²) in [6.45, 7) is 7.00. The third kappa shape index (κ3) is 3.95. The topological polar surface area (TPSA) is 27.7 Å². The van der Waals surface area contributed by atoms with Crippen molar-refractivity contribution in [2.24, 2.45) is 0 Å². The van der Waals surface area contributed by atoms with Gasteiger partial charge in [0.25, 0.3) is 0 Å². The van der Waals surface area contributed by atoms with Gasteiger partial charge in [-0.05, 0) is 32.6 Å². The highest BCUT2D eigenvalue weighted by Gasteiger charge is 2.21. The van der Waals surface area contributed by atoms with Crippen molar-refractivity contribution in [2.75, 3.05) is 52.3 Å². The fraction of sp³-hybridized carbons (Fsp3) is 0.625. The molecule has 1 heterocycles. The first-order valence-electron chi connectivity index (χ1n) is 7.31. The van der Waals surface area contributed by atoms with E-state index < -0.39 is 0 Å². The van der Waals surface area contributed by atoms with E-state index in [1.807, 2.05) is 0 Å². The maximum Gasteiger partial charge on any atom is 0.0633 e. The average Bonchev–Trinajstić information content (AvgIpc) is 2.39. The van der Waals surface area contributed by atoms with Gasteiger partial charge in [-0.15, -0.1) is 0 Å². The molecule has 0 aliphatic carbocycles. The summed E-state index contributed by atoms with van der Waals surface area (Å²) in [6.07, 6.45) is 0. The minimum atomic E-state index is 0.419. The minimum absolute atomic E-state index is 0.419. The van der Waals surface area contributed by atoms with E-state index in [0.29, 0.717) is 6.04 Å². The van der Waals surface area contributed by atoms with Crippen LogP contribution >= 0.6 is 0 Å². The van der Waals surface area contributed by atoms with Crippen molar-refractivity contribution in [3.05, 3.63) is 29.3 Å². The zero-order chi connectivity index (χ0) is 14.5. The number of hydrogen-bond acceptors (Lipinski definition) is 4. The van der Waals surface area contributed by atoms with E-state index in [2.05, 4.69) is 54.3 Å². The number of nitrogens with one attached hydrogen (secondary N) is 1. The summed E-state index contributed by atoms with van der Waals surface area (Å²) in [5, 5.41) is 3.51. The van der Waals surface area contributed by atoms with Gasteiger partial charge in [-0.25, -0.2) is 0 Å². The number of rotatable bonds is 5. The second kappa shape index (κ2) is 7.07. The lowest BCUT2D eigenvalue weighted by Gasteiger charge is -2.36. The molecule has 0 spiro atoms. The van der Waals surface area contributed by atoms with E-state index in [0.717, 1.165) is 32.8 Å². The van der Waals surface area contributed by atoms with Crippen LogP contribution < -0.4 is 10.2 Å². The molecule has 112 valence electrons. The Morgan fingerprint density at radius 2 is 2.20 bits per heavy atom. The van der Waals surface area contributed by atoms with Crippen LogP contribution in [0.15, 0.2) is 18.2 Å². The highest BCUT2D eigenvalue weighted by molar-refractivity contribution is 5.55. The molecule has 1 fully saturated rings. The Bertz CT molecular complexity index is 432. The molecular formula is C16H27N3O. The molecule has 1 aromatic carbocycles. The Kier molecular flexibility index (Phi) is 5.40. The summed E-state index contributed by atoms with van der Waals surface area (Å²) in [5.41, 5.74) is 4.11. The molecule has 1 aliphatic heterocycles. The lowest BCUT2D eigenvalue weighted by atomic mass is 10.1. The van der Waals surface area contributed by atoms with Crippen molar-refractivity contribution in [2.45, 2.75) is 19.5 Å². The molecule has 0 saturated carbocycles. The summed E-state index contributed by atoms with van der Waals surface area (Å²) >= 11 is 0. The summed E-state index contributed by atoms with van der Waals surface area (Å²) < 4.78 is 5.28. The van der Waals surface area contributed by atoms with E-state index in [4.69, 9.17) is 4.74 Å². The first kappa shape index (κ1) is 15.3. The molecule has 1 saturated heterocycles. The van der Waals surface area contributed by atoms with Gasteiger partial charge in [-0.3, -0.25) is 0 Å². The molecule has 1 aliphatic rings. The van der Waals surface area contributed by atoms with Gasteiger partial charge in [-0.1, -0.05) is 17.7 Å². The molecule has 20 heavy (non-hydrogen) atoms. The van der Waals surface area contributed by atoms with Gasteiger partial charge in [0.2, 0.25) is 0 Å². The third-order valence-electron chi connectivity index (χ3n) is 3.69. The van der Waals surface area contributed by atoms with E-state index in [1.165, 1.54) is 16.8 Å². The Morgan fingerprint density at radius 1 is 1.40 bits per heavy atom. The zero-order valence-electron chi connectivity index (χ0n) is 13.1. The summed E-state index contributed by atoms with van der Waals surface area (Å²) in [7, 11) is 6.01. The number of piperazine rings is 1. The number of nitrogens with zero attached hydrogens (tertiary/aromatic N) is 2. The van der Waals surface area contributed by atoms with Crippen LogP contribution in [-0.2, 0) is 11.3 Å². The molecule has 4 heteroatoms. The molecule has 2 rings (SSSR count). The maximum atomic E-state index is 5.28. The van der Waals surface area contributed by atoms with Gasteiger partial charge in [0.15, 0.2) is 0 Å². The van der Waals surface area contributed by atoms with Gasteiger partial charge in [0.1, 0.15) is 0 Å². The Labute approximate surface area is 122 Å². The zero-order valence-corrected chi connectivity index (χ0v) is 13.1. The fourth-order valence-electron chi connectivity index (χ4n) is 2.85. The summed E-state index contributed by atoms with van der Waals surface area (Å²) in [5.74, 6) is 0. The van der Waals surface area contributed by atoms with Crippen molar-refractivity contribution >= 4 is 5.69 Å². The van der Waals surface area contributed by atoms with Crippen molar-refractivity contribution in [1.82, 2.24) is 10.2 Å². The van der Waals surface area contributed by atoms with Gasteiger partial charge < -0.3 is 19.9 Å². The molecule has 1 unspecified atom stereocenters. The van der Waals surface area contributed by atoms with Gasteiger partial charge in [-0.2, -0.15) is 0 Å². The van der Waals surface area contributed by atoms with E-state index in [9.17, 15) is 0 Å². The molecule has 1 N–H and O–H groups in total. The van der Waals surface area contributed by atoms with E-state index in [-0.39, 0.29) is 0 Å². The van der Waals surface area contributed by atoms with Crippen LogP contribution in [0, 0.1) is 6.92 Å². The Hall–Kier alpha value is -1.10. The average molecular weight is 277 g/mol. The van der Waals surface area contributed by atoms with Gasteiger partial charge in [0.05, 0.1) is 6.61 Å². The van der Waals surface area contributed by atoms with E-state index in [1.54, 1.807) is 7.11 Å². The molecule has 0 bridgehead atoms. The minimum Gasteiger partial charge on any atom is -0.383 e. The highest BCUT2D eigenvalue weighted by Crippen LogP contribution is 2.24. The lowest BCUT2D eigenvalue weighted by Crippen LogP contribution is -2.52. The number of anilines is 1. The first-order chi connectivity index (χ1) is 9.60. The van der Waals surface area contributed by atoms with Crippen molar-refractivity contribution in [1.29, 1.82) is 0 Å². The number of ether oxygens (including phenoxy) is 1. The normalized spacial score (nSPS) is 19.6. The fourth-order valence-corrected chi connectivity index (χ4v) is 2.85. The predicted octanol–water partition coefficient (Wildman–Crippen LogP) is 1.48. The Morgan fingerprint density at radius 3 is 2.90 bits per heavy atom. The quantitative estimate of drug-likeness (QED) is 0.882. The van der Waals surface area contributed by atoms with Crippen LogP contribution in [0.1, 0.15) is 11.1 Å². The molecule has 1 atom stereocenters. The van der Waals surface area contributed by atoms with Crippen LogP contribution in [0.5, 0.6) is 0 Å². The monoisotopic (exact) mass is 277 g/mol. The lowest BCUT2D eigenvalue weighted by molar-refractivity contribution is 0.163. The molecule has 0 radical (unpaired) electrons. The van der Waals surface area contributed by atoms with Crippen LogP contribution in [0.3, 0.4) is 0 Å². The number of methoxy groups -OCH3 is 1. The number of hydrogen-bond donors (Lipinski definition) is 1. The molecular weight excluding hydrogens is 250 g/mol. The smallest absolute Gasteiger partial charge is 0.0633 e. The van der Waals surface area contributed by atoms with Gasteiger partial charge >= 0.3 is 0 Å². The number of aryl methyl sites for hydroxylation is 1. The van der Waals surface area contributed by atoms with Crippen LogP contribution in [0.4, 0.5) is 5.69 Å². The molecule has 0 aromatic heterocycles. The van der Waals surface area contributed by atoms with Crippen LogP contribution in [0.25, 0.3) is 0 Å². The standard InChI is InChI=1S/C16H27N3O/c1-13-5-6-16(14(9-13)10-18(2)3)19-8-7-17-15(11-19)12-20-4/h5-6,9,15,17H,7-8,10-12H2,1-4H3. The second-order valence-electron chi connectivity index (χ2n) is 5.92. The van der Waals surface area contributed by atoms with Crippen molar-refractivity contribution in [3.8, 4) is 0 Å². The molecule has 0 amide bonds. The third-order valence-corrected chi connectivity index (χ3v) is 3.69. The highest BCUT2D eigenvalue weighted by atomic mass is 16.5. The first-order valence-corrected chi connectivity index (χ1v) is 7.31. The molecule has 4 nitrogen and oxygen atoms in total. The van der Waals surface area contributed by atoms with Crippen LogP contribution in [-0.4, -0.2) is 58.4 Å². The van der Waals surface area contributed by atoms with Gasteiger partial charge in [0, 0.05) is 45.0 Å². The van der Waals surface area contributed by atoms with Crippen LogP contribution in [0.2, 0.25) is 0 Å².